The number of carbonyl (C=O) groups is 1. The molecule has 1 amide bonds. The van der Waals surface area contributed by atoms with Crippen molar-refractivity contribution in [2.24, 2.45) is 0 Å². The van der Waals surface area contributed by atoms with Crippen LogP contribution in [0.4, 0.5) is 11.4 Å². The molecule has 0 fully saturated rings. The van der Waals surface area contributed by atoms with E-state index >= 15 is 0 Å². The number of amides is 1. The zero-order valence-corrected chi connectivity index (χ0v) is 18.8. The molecule has 0 radical (unpaired) electrons. The van der Waals surface area contributed by atoms with Crippen LogP contribution in [0.1, 0.15) is 10.4 Å². The first-order chi connectivity index (χ1) is 15.9. The molecule has 8 heteroatoms. The Morgan fingerprint density at radius 3 is 2.24 bits per heavy atom. The molecule has 4 aromatic rings. The van der Waals surface area contributed by atoms with Gasteiger partial charge in [0, 0.05) is 16.3 Å². The minimum absolute atomic E-state index is 0.0637. The van der Waals surface area contributed by atoms with Gasteiger partial charge in [-0.25, -0.2) is 8.42 Å². The molecule has 4 rings (SSSR count). The van der Waals surface area contributed by atoms with Crippen LogP contribution < -0.4 is 14.8 Å². The number of hydrogen-bond donors (Lipinski definition) is 2. The predicted molar refractivity (Wildman–Crippen MR) is 130 cm³/mol. The number of rotatable bonds is 7. The number of hydrogen-bond acceptors (Lipinski definition) is 4. The quantitative estimate of drug-likeness (QED) is 0.332. The van der Waals surface area contributed by atoms with Crippen LogP contribution in [-0.2, 0) is 10.0 Å². The Morgan fingerprint density at radius 2 is 1.48 bits per heavy atom. The van der Waals surface area contributed by atoms with Crippen LogP contribution in [0.2, 0.25) is 5.02 Å². The SMILES string of the molecule is O=C(Nc1ccccc1Oc1ccccc1)c1cccc(NS(=O)(=O)c2ccc(Cl)cc2)c1. The lowest BCUT2D eigenvalue weighted by molar-refractivity contribution is 0.102. The molecule has 0 aliphatic carbocycles. The molecule has 0 aromatic heterocycles. The molecule has 0 unspecified atom stereocenters. The first-order valence-electron chi connectivity index (χ1n) is 9.92. The van der Waals surface area contributed by atoms with Crippen molar-refractivity contribution in [3.05, 3.63) is 114 Å². The fraction of sp³-hybridized carbons (Fsp3) is 0. The Hall–Kier alpha value is -3.81. The molecule has 2 N–H and O–H groups in total. The van der Waals surface area contributed by atoms with Gasteiger partial charge in [-0.15, -0.1) is 0 Å². The van der Waals surface area contributed by atoms with E-state index in [1.54, 1.807) is 42.5 Å². The standard InChI is InChI=1S/C25H19ClN2O4S/c26-19-13-15-22(16-14-19)33(30,31)28-20-8-6-7-18(17-20)25(29)27-23-11-4-5-12-24(23)32-21-9-2-1-3-10-21/h1-17,28H,(H,27,29). The second kappa shape index (κ2) is 9.77. The molecule has 4 aromatic carbocycles. The maximum absolute atomic E-state index is 12.9. The third-order valence-electron chi connectivity index (χ3n) is 4.61. The van der Waals surface area contributed by atoms with E-state index in [2.05, 4.69) is 10.0 Å². The van der Waals surface area contributed by atoms with Gasteiger partial charge in [-0.05, 0) is 66.7 Å². The molecule has 0 bridgehead atoms. The van der Waals surface area contributed by atoms with Gasteiger partial charge in [0.05, 0.1) is 10.6 Å². The summed E-state index contributed by atoms with van der Waals surface area (Å²) in [7, 11) is -3.83. The summed E-state index contributed by atoms with van der Waals surface area (Å²) >= 11 is 5.83. The first-order valence-corrected chi connectivity index (χ1v) is 11.8. The third kappa shape index (κ3) is 5.71. The smallest absolute Gasteiger partial charge is 0.261 e. The van der Waals surface area contributed by atoms with E-state index in [4.69, 9.17) is 16.3 Å². The number of nitrogens with one attached hydrogen (secondary N) is 2. The van der Waals surface area contributed by atoms with Crippen molar-refractivity contribution in [3.63, 3.8) is 0 Å². The normalized spacial score (nSPS) is 10.9. The minimum atomic E-state index is -3.83. The summed E-state index contributed by atoms with van der Waals surface area (Å²) in [5.41, 5.74) is 1.02. The number of halogens is 1. The van der Waals surface area contributed by atoms with Gasteiger partial charge in [0.2, 0.25) is 0 Å². The summed E-state index contributed by atoms with van der Waals surface area (Å²) in [5, 5.41) is 3.25. The van der Waals surface area contributed by atoms with Crippen LogP contribution in [0.5, 0.6) is 11.5 Å². The number of carbonyl (C=O) groups excluding carboxylic acids is 1. The van der Waals surface area contributed by atoms with Crippen molar-refractivity contribution < 1.29 is 17.9 Å². The third-order valence-corrected chi connectivity index (χ3v) is 6.26. The molecule has 0 heterocycles. The highest BCUT2D eigenvalue weighted by atomic mass is 35.5. The molecule has 6 nitrogen and oxygen atoms in total. The average molecular weight is 479 g/mol. The Kier molecular flexibility index (Phi) is 6.63. The van der Waals surface area contributed by atoms with Crippen LogP contribution in [-0.4, -0.2) is 14.3 Å². The van der Waals surface area contributed by atoms with Gasteiger partial charge in [0.15, 0.2) is 5.75 Å². The number of benzene rings is 4. The van der Waals surface area contributed by atoms with Gasteiger partial charge < -0.3 is 10.1 Å². The second-order valence-electron chi connectivity index (χ2n) is 7.01. The molecule has 0 saturated heterocycles. The van der Waals surface area contributed by atoms with Gasteiger partial charge in [0.1, 0.15) is 5.75 Å². The summed E-state index contributed by atoms with van der Waals surface area (Å²) in [5.74, 6) is 0.709. The molecule has 166 valence electrons. The monoisotopic (exact) mass is 478 g/mol. The Balaban J connectivity index is 1.51. The molecule has 0 spiro atoms. The molecular formula is C25H19ClN2O4S. The van der Waals surface area contributed by atoms with E-state index < -0.39 is 15.9 Å². The molecule has 33 heavy (non-hydrogen) atoms. The highest BCUT2D eigenvalue weighted by molar-refractivity contribution is 7.92. The van der Waals surface area contributed by atoms with Crippen LogP contribution in [0.15, 0.2) is 108 Å². The van der Waals surface area contributed by atoms with Crippen molar-refractivity contribution in [3.8, 4) is 11.5 Å². The van der Waals surface area contributed by atoms with Crippen molar-refractivity contribution in [2.75, 3.05) is 10.0 Å². The number of para-hydroxylation sites is 3. The van der Waals surface area contributed by atoms with Crippen LogP contribution >= 0.6 is 11.6 Å². The van der Waals surface area contributed by atoms with Gasteiger partial charge in [-0.1, -0.05) is 48.0 Å². The van der Waals surface area contributed by atoms with Crippen LogP contribution in [0, 0.1) is 0 Å². The highest BCUT2D eigenvalue weighted by Crippen LogP contribution is 2.29. The van der Waals surface area contributed by atoms with Gasteiger partial charge in [-0.3, -0.25) is 9.52 Å². The Labute approximate surface area is 196 Å². The largest absolute Gasteiger partial charge is 0.455 e. The van der Waals surface area contributed by atoms with Crippen molar-refractivity contribution in [1.82, 2.24) is 0 Å². The van der Waals surface area contributed by atoms with Gasteiger partial charge in [-0.2, -0.15) is 0 Å². The van der Waals surface area contributed by atoms with Gasteiger partial charge in [0.25, 0.3) is 15.9 Å². The maximum Gasteiger partial charge on any atom is 0.261 e. The fourth-order valence-corrected chi connectivity index (χ4v) is 4.20. The van der Waals surface area contributed by atoms with Crippen molar-refractivity contribution in [2.45, 2.75) is 4.90 Å². The summed E-state index contributed by atoms with van der Waals surface area (Å²) in [6.45, 7) is 0. The minimum Gasteiger partial charge on any atom is -0.455 e. The number of anilines is 2. The number of ether oxygens (including phenoxy) is 1. The molecule has 0 aliphatic rings. The summed E-state index contributed by atoms with van der Waals surface area (Å²) in [6, 6.07) is 28.3. The van der Waals surface area contributed by atoms with E-state index in [1.165, 1.54) is 30.3 Å². The van der Waals surface area contributed by atoms with Crippen molar-refractivity contribution in [1.29, 1.82) is 0 Å². The molecule has 0 saturated carbocycles. The zero-order valence-electron chi connectivity index (χ0n) is 17.2. The predicted octanol–water partition coefficient (Wildman–Crippen LogP) is 6.19. The summed E-state index contributed by atoms with van der Waals surface area (Å²) < 4.78 is 33.6. The highest BCUT2D eigenvalue weighted by Gasteiger charge is 2.16. The Morgan fingerprint density at radius 1 is 0.788 bits per heavy atom. The fourth-order valence-electron chi connectivity index (χ4n) is 3.02. The van der Waals surface area contributed by atoms with Crippen LogP contribution in [0.25, 0.3) is 0 Å². The Bertz CT molecular complexity index is 1380. The van der Waals surface area contributed by atoms with E-state index in [-0.39, 0.29) is 16.1 Å². The topological polar surface area (TPSA) is 84.5 Å². The molecule has 0 atom stereocenters. The molecular weight excluding hydrogens is 460 g/mol. The van der Waals surface area contributed by atoms with E-state index in [1.807, 2.05) is 30.3 Å². The van der Waals surface area contributed by atoms with E-state index in [9.17, 15) is 13.2 Å². The lowest BCUT2D eigenvalue weighted by Crippen LogP contribution is -2.15. The van der Waals surface area contributed by atoms with Crippen molar-refractivity contribution >= 4 is 38.9 Å². The summed E-state index contributed by atoms with van der Waals surface area (Å²) in [6.07, 6.45) is 0. The lowest BCUT2D eigenvalue weighted by atomic mass is 10.2. The maximum atomic E-state index is 12.9. The summed E-state index contributed by atoms with van der Waals surface area (Å²) in [4.78, 5) is 12.9. The van der Waals surface area contributed by atoms with E-state index in [0.29, 0.717) is 22.2 Å². The number of sulfonamides is 1. The zero-order chi connectivity index (χ0) is 23.3. The first kappa shape index (κ1) is 22.4. The van der Waals surface area contributed by atoms with Crippen LogP contribution in [0.3, 0.4) is 0 Å². The second-order valence-corrected chi connectivity index (χ2v) is 9.12. The lowest BCUT2D eigenvalue weighted by Gasteiger charge is -2.13. The van der Waals surface area contributed by atoms with E-state index in [0.717, 1.165) is 0 Å². The molecule has 0 aliphatic heterocycles. The van der Waals surface area contributed by atoms with Gasteiger partial charge >= 0.3 is 0 Å². The average Bonchev–Trinajstić information content (AvgIpc) is 2.81.